The molecule has 0 bridgehead atoms. The van der Waals surface area contributed by atoms with Gasteiger partial charge in [-0.2, -0.15) is 0 Å². The van der Waals surface area contributed by atoms with Crippen molar-refractivity contribution < 1.29 is 13.5 Å². The van der Waals surface area contributed by atoms with E-state index in [9.17, 15) is 8.42 Å². The average molecular weight is 271 g/mol. The van der Waals surface area contributed by atoms with Gasteiger partial charge in [-0.15, -0.1) is 0 Å². The molecule has 0 aliphatic heterocycles. The fraction of sp³-hybridized carbons (Fsp3) is 0.538. The maximum atomic E-state index is 11.2. The normalized spacial score (nSPS) is 13.8. The molecular formula is C13H21NO3S. The predicted molar refractivity (Wildman–Crippen MR) is 73.2 cm³/mol. The minimum atomic E-state index is -2.95. The van der Waals surface area contributed by atoms with Crippen LogP contribution in [0.1, 0.15) is 18.0 Å². The van der Waals surface area contributed by atoms with Crippen LogP contribution in [-0.2, 0) is 9.84 Å². The molecule has 0 radical (unpaired) electrons. The highest BCUT2D eigenvalue weighted by Gasteiger charge is 2.17. The van der Waals surface area contributed by atoms with Crippen LogP contribution in [0.3, 0.4) is 0 Å². The van der Waals surface area contributed by atoms with Crippen molar-refractivity contribution in [3.05, 3.63) is 35.9 Å². The summed E-state index contributed by atoms with van der Waals surface area (Å²) in [5.74, 6) is 0.137. The number of benzene rings is 1. The zero-order valence-corrected chi connectivity index (χ0v) is 11.7. The Morgan fingerprint density at radius 1 is 1.28 bits per heavy atom. The number of hydrogen-bond acceptors (Lipinski definition) is 4. The highest BCUT2D eigenvalue weighted by Crippen LogP contribution is 2.22. The molecule has 0 saturated heterocycles. The summed E-state index contributed by atoms with van der Waals surface area (Å²) < 4.78 is 22.4. The summed E-state index contributed by atoms with van der Waals surface area (Å²) in [4.78, 5) is 1.98. The minimum Gasteiger partial charge on any atom is -0.396 e. The first kappa shape index (κ1) is 15.1. The fourth-order valence-electron chi connectivity index (χ4n) is 1.90. The van der Waals surface area contributed by atoms with Crippen molar-refractivity contribution >= 4 is 9.84 Å². The summed E-state index contributed by atoms with van der Waals surface area (Å²) in [6.45, 7) is 0.557. The maximum absolute atomic E-state index is 11.2. The SMILES string of the molecule is CN(CCS(C)(=O)=O)[C@@H](CCO)c1ccccc1. The monoisotopic (exact) mass is 271 g/mol. The summed E-state index contributed by atoms with van der Waals surface area (Å²) in [7, 11) is -1.07. The van der Waals surface area contributed by atoms with Gasteiger partial charge in [-0.05, 0) is 19.0 Å². The standard InChI is InChI=1S/C13H21NO3S/c1-14(9-11-18(2,16)17)13(8-10-15)12-6-4-3-5-7-12/h3-7,13,15H,8-11H2,1-2H3/t13-/m0/s1. The molecule has 1 rings (SSSR count). The lowest BCUT2D eigenvalue weighted by molar-refractivity contribution is 0.192. The van der Waals surface area contributed by atoms with Gasteiger partial charge in [0, 0.05) is 25.4 Å². The molecule has 18 heavy (non-hydrogen) atoms. The minimum absolute atomic E-state index is 0.0537. The Bertz CT molecular complexity index is 445. The summed E-state index contributed by atoms with van der Waals surface area (Å²) >= 11 is 0. The van der Waals surface area contributed by atoms with E-state index in [1.807, 2.05) is 42.3 Å². The predicted octanol–water partition coefficient (Wildman–Crippen LogP) is 1.09. The van der Waals surface area contributed by atoms with Gasteiger partial charge in [0.2, 0.25) is 0 Å². The van der Waals surface area contributed by atoms with Crippen molar-refractivity contribution in [2.75, 3.05) is 32.2 Å². The molecule has 0 amide bonds. The summed E-state index contributed by atoms with van der Waals surface area (Å²) in [6, 6.07) is 9.89. The van der Waals surface area contributed by atoms with E-state index in [2.05, 4.69) is 0 Å². The second-order valence-electron chi connectivity index (χ2n) is 4.55. The molecule has 0 aliphatic carbocycles. The van der Waals surface area contributed by atoms with Gasteiger partial charge in [-0.3, -0.25) is 4.90 Å². The van der Waals surface area contributed by atoms with Crippen LogP contribution in [0.15, 0.2) is 30.3 Å². The molecule has 5 heteroatoms. The van der Waals surface area contributed by atoms with E-state index in [4.69, 9.17) is 5.11 Å². The second-order valence-corrected chi connectivity index (χ2v) is 6.81. The Balaban J connectivity index is 2.73. The van der Waals surface area contributed by atoms with Crippen LogP contribution in [0.25, 0.3) is 0 Å². The zero-order valence-electron chi connectivity index (χ0n) is 10.9. The van der Waals surface area contributed by atoms with Gasteiger partial charge < -0.3 is 5.11 Å². The summed E-state index contributed by atoms with van der Waals surface area (Å²) in [5.41, 5.74) is 1.10. The van der Waals surface area contributed by atoms with E-state index in [0.29, 0.717) is 13.0 Å². The van der Waals surface area contributed by atoms with Gasteiger partial charge in [-0.1, -0.05) is 30.3 Å². The zero-order chi connectivity index (χ0) is 13.6. The third kappa shape index (κ3) is 5.16. The van der Waals surface area contributed by atoms with Gasteiger partial charge >= 0.3 is 0 Å². The summed E-state index contributed by atoms with van der Waals surface area (Å²) in [5, 5.41) is 9.13. The van der Waals surface area contributed by atoms with E-state index in [1.165, 1.54) is 6.26 Å². The van der Waals surface area contributed by atoms with Crippen LogP contribution in [0.2, 0.25) is 0 Å². The van der Waals surface area contributed by atoms with E-state index < -0.39 is 9.84 Å². The first-order valence-electron chi connectivity index (χ1n) is 5.98. The van der Waals surface area contributed by atoms with Crippen LogP contribution in [-0.4, -0.2) is 50.6 Å². The van der Waals surface area contributed by atoms with Crippen molar-refractivity contribution in [1.82, 2.24) is 4.90 Å². The molecule has 1 atom stereocenters. The Hall–Kier alpha value is -0.910. The third-order valence-corrected chi connectivity index (χ3v) is 3.86. The topological polar surface area (TPSA) is 57.6 Å². The molecule has 0 aliphatic rings. The molecule has 1 N–H and O–H groups in total. The number of hydrogen-bond donors (Lipinski definition) is 1. The van der Waals surface area contributed by atoms with Gasteiger partial charge in [0.1, 0.15) is 9.84 Å². The average Bonchev–Trinajstić information content (AvgIpc) is 2.33. The van der Waals surface area contributed by atoms with Crippen LogP contribution in [0.4, 0.5) is 0 Å². The highest BCUT2D eigenvalue weighted by molar-refractivity contribution is 7.90. The Kier molecular flexibility index (Phi) is 5.78. The van der Waals surface area contributed by atoms with Crippen LogP contribution in [0, 0.1) is 0 Å². The highest BCUT2D eigenvalue weighted by atomic mass is 32.2. The van der Waals surface area contributed by atoms with Crippen molar-refractivity contribution in [2.45, 2.75) is 12.5 Å². The fourth-order valence-corrected chi connectivity index (χ4v) is 2.52. The van der Waals surface area contributed by atoms with E-state index in [0.717, 1.165) is 5.56 Å². The summed E-state index contributed by atoms with van der Waals surface area (Å²) in [6.07, 6.45) is 1.84. The smallest absolute Gasteiger partial charge is 0.148 e. The van der Waals surface area contributed by atoms with Crippen molar-refractivity contribution in [1.29, 1.82) is 0 Å². The molecule has 0 saturated carbocycles. The Labute approximate surface area is 109 Å². The molecular weight excluding hydrogens is 250 g/mol. The molecule has 0 fully saturated rings. The third-order valence-electron chi connectivity index (χ3n) is 2.93. The van der Waals surface area contributed by atoms with Crippen LogP contribution in [0.5, 0.6) is 0 Å². The second kappa shape index (κ2) is 6.87. The van der Waals surface area contributed by atoms with Gasteiger partial charge in [0.05, 0.1) is 5.75 Å². The lowest BCUT2D eigenvalue weighted by Gasteiger charge is -2.27. The number of rotatable bonds is 7. The first-order chi connectivity index (χ1) is 8.44. The number of nitrogens with zero attached hydrogens (tertiary/aromatic N) is 1. The molecule has 0 heterocycles. The molecule has 0 aromatic heterocycles. The Morgan fingerprint density at radius 2 is 1.89 bits per heavy atom. The largest absolute Gasteiger partial charge is 0.396 e. The van der Waals surface area contributed by atoms with Crippen molar-refractivity contribution in [3.8, 4) is 0 Å². The Morgan fingerprint density at radius 3 is 2.39 bits per heavy atom. The first-order valence-corrected chi connectivity index (χ1v) is 8.04. The van der Waals surface area contributed by atoms with Gasteiger partial charge in [0.25, 0.3) is 0 Å². The van der Waals surface area contributed by atoms with Gasteiger partial charge in [-0.25, -0.2) is 8.42 Å². The molecule has 4 nitrogen and oxygen atoms in total. The molecule has 1 aromatic rings. The molecule has 0 spiro atoms. The van der Waals surface area contributed by atoms with Crippen molar-refractivity contribution in [3.63, 3.8) is 0 Å². The maximum Gasteiger partial charge on any atom is 0.148 e. The van der Waals surface area contributed by atoms with Crippen LogP contribution < -0.4 is 0 Å². The van der Waals surface area contributed by atoms with E-state index in [1.54, 1.807) is 0 Å². The van der Waals surface area contributed by atoms with Gasteiger partial charge in [0.15, 0.2) is 0 Å². The number of aliphatic hydroxyl groups excluding tert-OH is 1. The van der Waals surface area contributed by atoms with Crippen molar-refractivity contribution in [2.24, 2.45) is 0 Å². The molecule has 0 unspecified atom stereocenters. The lowest BCUT2D eigenvalue weighted by Crippen LogP contribution is -2.30. The van der Waals surface area contributed by atoms with Crippen LogP contribution >= 0.6 is 0 Å². The lowest BCUT2D eigenvalue weighted by atomic mass is 10.0. The molecule has 102 valence electrons. The number of aliphatic hydroxyl groups is 1. The quantitative estimate of drug-likeness (QED) is 0.806. The van der Waals surface area contributed by atoms with E-state index in [-0.39, 0.29) is 18.4 Å². The molecule has 1 aromatic carbocycles. The number of sulfone groups is 1. The van der Waals surface area contributed by atoms with E-state index >= 15 is 0 Å².